The van der Waals surface area contributed by atoms with Crippen LogP contribution in [0.1, 0.15) is 23.9 Å². The highest BCUT2D eigenvalue weighted by molar-refractivity contribution is 6.14. The van der Waals surface area contributed by atoms with Crippen LogP contribution in [0.2, 0.25) is 0 Å². The maximum Gasteiger partial charge on any atom is 0.259 e. The van der Waals surface area contributed by atoms with Gasteiger partial charge in [-0.15, -0.1) is 0 Å². The number of benzene rings is 1. The van der Waals surface area contributed by atoms with E-state index in [1.54, 1.807) is 0 Å². The Morgan fingerprint density at radius 2 is 1.68 bits per heavy atom. The molecule has 1 aromatic heterocycles. The van der Waals surface area contributed by atoms with Gasteiger partial charge in [-0.3, -0.25) is 4.79 Å². The Kier molecular flexibility index (Phi) is 3.71. The van der Waals surface area contributed by atoms with Gasteiger partial charge < -0.3 is 0 Å². The van der Waals surface area contributed by atoms with E-state index in [4.69, 9.17) is 0 Å². The Hall–Kier alpha value is -2.56. The zero-order valence-electron chi connectivity index (χ0n) is 12.9. The average molecular weight is 294 g/mol. The third-order valence-electron chi connectivity index (χ3n) is 3.71. The lowest BCUT2D eigenvalue weighted by molar-refractivity contribution is -0.119. The molecule has 1 aliphatic heterocycles. The van der Waals surface area contributed by atoms with Crippen molar-refractivity contribution in [3.05, 3.63) is 53.3 Å². The van der Waals surface area contributed by atoms with Crippen LogP contribution < -0.4 is 5.01 Å². The number of anilines is 1. The van der Waals surface area contributed by atoms with E-state index in [0.29, 0.717) is 12.4 Å². The Morgan fingerprint density at radius 1 is 1.05 bits per heavy atom. The van der Waals surface area contributed by atoms with Gasteiger partial charge in [0.25, 0.3) is 11.9 Å². The van der Waals surface area contributed by atoms with E-state index in [1.165, 1.54) is 5.01 Å². The van der Waals surface area contributed by atoms with Crippen molar-refractivity contribution in [3.63, 3.8) is 0 Å². The fourth-order valence-electron chi connectivity index (χ4n) is 2.63. The van der Waals surface area contributed by atoms with Gasteiger partial charge in [0.1, 0.15) is 0 Å². The molecule has 0 radical (unpaired) electrons. The number of aryl methyl sites for hydroxylation is 2. The van der Waals surface area contributed by atoms with E-state index in [9.17, 15) is 4.79 Å². The molecule has 1 amide bonds. The average Bonchev–Trinajstić information content (AvgIpc) is 2.75. The number of aromatic nitrogens is 2. The van der Waals surface area contributed by atoms with Gasteiger partial charge in [0.15, 0.2) is 0 Å². The van der Waals surface area contributed by atoms with Crippen molar-refractivity contribution in [1.29, 1.82) is 0 Å². The van der Waals surface area contributed by atoms with Crippen molar-refractivity contribution in [2.24, 2.45) is 11.0 Å². The minimum atomic E-state index is -0.244. The van der Waals surface area contributed by atoms with Crippen LogP contribution in [0.25, 0.3) is 0 Å². The largest absolute Gasteiger partial charge is 0.272 e. The van der Waals surface area contributed by atoms with E-state index in [2.05, 4.69) is 15.1 Å². The van der Waals surface area contributed by atoms with E-state index in [0.717, 1.165) is 22.7 Å². The molecule has 1 aromatic carbocycles. The zero-order chi connectivity index (χ0) is 15.7. The molecule has 0 fully saturated rings. The SMILES string of the molecule is CC1=NN(c2nc(C)cc(C)n2)C(=O)[C@@H]1Cc1ccccc1. The number of rotatable bonds is 3. The molecule has 5 nitrogen and oxygen atoms in total. The molecule has 0 saturated carbocycles. The van der Waals surface area contributed by atoms with Gasteiger partial charge in [-0.1, -0.05) is 30.3 Å². The minimum Gasteiger partial charge on any atom is -0.272 e. The van der Waals surface area contributed by atoms with Crippen LogP contribution >= 0.6 is 0 Å². The van der Waals surface area contributed by atoms with E-state index >= 15 is 0 Å². The van der Waals surface area contributed by atoms with Gasteiger partial charge in [0, 0.05) is 17.1 Å². The molecular weight excluding hydrogens is 276 g/mol. The van der Waals surface area contributed by atoms with Crippen LogP contribution in [0, 0.1) is 19.8 Å². The van der Waals surface area contributed by atoms with Gasteiger partial charge in [-0.25, -0.2) is 9.97 Å². The quantitative estimate of drug-likeness (QED) is 0.874. The third kappa shape index (κ3) is 2.74. The van der Waals surface area contributed by atoms with Gasteiger partial charge in [0.2, 0.25) is 0 Å². The summed E-state index contributed by atoms with van der Waals surface area (Å²) in [6, 6.07) is 11.9. The molecule has 5 heteroatoms. The summed E-state index contributed by atoms with van der Waals surface area (Å²) in [7, 11) is 0. The van der Waals surface area contributed by atoms with Crippen molar-refractivity contribution < 1.29 is 4.79 Å². The Bertz CT molecular complexity index is 719. The third-order valence-corrected chi connectivity index (χ3v) is 3.71. The van der Waals surface area contributed by atoms with E-state index in [1.807, 2.05) is 57.2 Å². The van der Waals surface area contributed by atoms with Gasteiger partial charge in [-0.2, -0.15) is 10.1 Å². The highest BCUT2D eigenvalue weighted by Gasteiger charge is 2.35. The normalized spacial score (nSPS) is 17.8. The van der Waals surface area contributed by atoms with E-state index < -0.39 is 0 Å². The van der Waals surface area contributed by atoms with Crippen LogP contribution in [0.5, 0.6) is 0 Å². The molecule has 0 saturated heterocycles. The molecule has 0 spiro atoms. The second-order valence-electron chi connectivity index (χ2n) is 5.58. The molecule has 0 unspecified atom stereocenters. The molecular formula is C17H18N4O. The van der Waals surface area contributed by atoms with Crippen molar-refractivity contribution >= 4 is 17.6 Å². The summed E-state index contributed by atoms with van der Waals surface area (Å²) in [5, 5.41) is 5.71. The summed E-state index contributed by atoms with van der Waals surface area (Å²) >= 11 is 0. The molecule has 1 atom stereocenters. The topological polar surface area (TPSA) is 58.5 Å². The highest BCUT2D eigenvalue weighted by Crippen LogP contribution is 2.24. The molecule has 0 bridgehead atoms. The first-order valence-electron chi connectivity index (χ1n) is 7.30. The van der Waals surface area contributed by atoms with Gasteiger partial charge in [0.05, 0.1) is 5.92 Å². The van der Waals surface area contributed by atoms with Gasteiger partial charge >= 0.3 is 0 Å². The summed E-state index contributed by atoms with van der Waals surface area (Å²) in [6.45, 7) is 5.65. The lowest BCUT2D eigenvalue weighted by Crippen LogP contribution is -2.29. The number of hydrogen-bond acceptors (Lipinski definition) is 4. The maximum absolute atomic E-state index is 12.7. The second kappa shape index (κ2) is 5.67. The minimum absolute atomic E-state index is 0.0636. The fraction of sp³-hybridized carbons (Fsp3) is 0.294. The molecule has 112 valence electrons. The van der Waals surface area contributed by atoms with Crippen LogP contribution in [0.3, 0.4) is 0 Å². The van der Waals surface area contributed by atoms with Crippen molar-refractivity contribution in [2.45, 2.75) is 27.2 Å². The van der Waals surface area contributed by atoms with Crippen LogP contribution in [-0.2, 0) is 11.2 Å². The van der Waals surface area contributed by atoms with Crippen LogP contribution in [-0.4, -0.2) is 21.6 Å². The summed E-state index contributed by atoms with van der Waals surface area (Å²) in [6.07, 6.45) is 0.649. The fourth-order valence-corrected chi connectivity index (χ4v) is 2.63. The summed E-state index contributed by atoms with van der Waals surface area (Å²) < 4.78 is 0. The standard InChI is InChI=1S/C17H18N4O/c1-11-9-12(2)19-17(18-11)21-16(22)15(13(3)20-21)10-14-7-5-4-6-8-14/h4-9,15H,10H2,1-3H3/t15-/m1/s1. The number of amides is 1. The summed E-state index contributed by atoms with van der Waals surface area (Å²) in [5.74, 6) is 0.0515. The van der Waals surface area contributed by atoms with Crippen molar-refractivity contribution in [3.8, 4) is 0 Å². The lowest BCUT2D eigenvalue weighted by atomic mass is 9.95. The van der Waals surface area contributed by atoms with Crippen LogP contribution in [0.15, 0.2) is 41.5 Å². The summed E-state index contributed by atoms with van der Waals surface area (Å²) in [4.78, 5) is 21.3. The molecule has 2 heterocycles. The van der Waals surface area contributed by atoms with Crippen molar-refractivity contribution in [1.82, 2.24) is 9.97 Å². The van der Waals surface area contributed by atoms with Crippen LogP contribution in [0.4, 0.5) is 5.95 Å². The molecule has 0 N–H and O–H groups in total. The smallest absolute Gasteiger partial charge is 0.259 e. The lowest BCUT2D eigenvalue weighted by Gasteiger charge is -2.13. The van der Waals surface area contributed by atoms with E-state index in [-0.39, 0.29) is 11.8 Å². The Morgan fingerprint density at radius 3 is 2.32 bits per heavy atom. The first-order valence-corrected chi connectivity index (χ1v) is 7.30. The highest BCUT2D eigenvalue weighted by atomic mass is 16.2. The molecule has 1 aliphatic rings. The monoisotopic (exact) mass is 294 g/mol. The number of hydrazone groups is 1. The maximum atomic E-state index is 12.7. The zero-order valence-corrected chi connectivity index (χ0v) is 12.9. The number of hydrogen-bond donors (Lipinski definition) is 0. The summed E-state index contributed by atoms with van der Waals surface area (Å²) in [5.41, 5.74) is 3.58. The molecule has 22 heavy (non-hydrogen) atoms. The number of nitrogens with zero attached hydrogens (tertiary/aromatic N) is 4. The molecule has 2 aromatic rings. The van der Waals surface area contributed by atoms with Crippen molar-refractivity contribution in [2.75, 3.05) is 5.01 Å². The Balaban J connectivity index is 1.86. The predicted molar refractivity (Wildman–Crippen MR) is 85.7 cm³/mol. The molecule has 0 aliphatic carbocycles. The molecule has 3 rings (SSSR count). The predicted octanol–water partition coefficient (Wildman–Crippen LogP) is 2.67. The first-order chi connectivity index (χ1) is 10.5. The Labute approximate surface area is 129 Å². The second-order valence-corrected chi connectivity index (χ2v) is 5.58. The van der Waals surface area contributed by atoms with Gasteiger partial charge in [-0.05, 0) is 38.8 Å². The first kappa shape index (κ1) is 14.4. The number of carbonyl (C=O) groups is 1. The number of carbonyl (C=O) groups excluding carboxylic acids is 1.